The molecule has 1 rings (SSSR count). The van der Waals surface area contributed by atoms with Gasteiger partial charge in [-0.3, -0.25) is 4.79 Å². The van der Waals surface area contributed by atoms with Gasteiger partial charge in [0.25, 0.3) is 0 Å². The van der Waals surface area contributed by atoms with Crippen molar-refractivity contribution in [2.24, 2.45) is 0 Å². The van der Waals surface area contributed by atoms with Crippen LogP contribution in [-0.2, 0) is 9.59 Å². The highest BCUT2D eigenvalue weighted by Crippen LogP contribution is 2.14. The molecule has 0 radical (unpaired) electrons. The fourth-order valence-electron chi connectivity index (χ4n) is 1.10. The summed E-state index contributed by atoms with van der Waals surface area (Å²) in [5.41, 5.74) is 1.19. The summed E-state index contributed by atoms with van der Waals surface area (Å²) >= 11 is 0. The molecule has 94 valence electrons. The quantitative estimate of drug-likeness (QED) is 0.501. The largest absolute Gasteiger partial charge is 0.423 e. The predicted octanol–water partition coefficient (Wildman–Crippen LogP) is 1.93. The Labute approximate surface area is 106 Å². The average molecular weight is 245 g/mol. The number of ether oxygens (including phenoxy) is 1. The van der Waals surface area contributed by atoms with Crippen LogP contribution in [0.5, 0.6) is 5.75 Å². The van der Waals surface area contributed by atoms with E-state index in [4.69, 9.17) is 4.74 Å². The molecule has 0 bridgehead atoms. The lowest BCUT2D eigenvalue weighted by Gasteiger charge is -2.03. The molecule has 0 spiro atoms. The van der Waals surface area contributed by atoms with Gasteiger partial charge in [-0.2, -0.15) is 0 Å². The molecule has 0 unspecified atom stereocenters. The van der Waals surface area contributed by atoms with Crippen molar-refractivity contribution in [2.45, 2.75) is 6.92 Å². The molecule has 4 nitrogen and oxygen atoms in total. The third-order valence-corrected chi connectivity index (χ3v) is 2.11. The fraction of sp³-hybridized carbons (Fsp3) is 0.143. The van der Waals surface area contributed by atoms with Gasteiger partial charge < -0.3 is 10.1 Å². The molecular weight excluding hydrogens is 230 g/mol. The van der Waals surface area contributed by atoms with E-state index in [1.54, 1.807) is 44.3 Å². The number of likely N-dealkylation sites (N-methyl/N-ethyl adjacent to an activating group) is 1. The van der Waals surface area contributed by atoms with Gasteiger partial charge >= 0.3 is 5.97 Å². The monoisotopic (exact) mass is 245 g/mol. The minimum Gasteiger partial charge on any atom is -0.423 e. The van der Waals surface area contributed by atoms with Gasteiger partial charge in [0.2, 0.25) is 5.91 Å². The summed E-state index contributed by atoms with van der Waals surface area (Å²) in [4.78, 5) is 22.3. The summed E-state index contributed by atoms with van der Waals surface area (Å²) in [6, 6.07) is 6.82. The van der Waals surface area contributed by atoms with Crippen molar-refractivity contribution in [3.05, 3.63) is 48.1 Å². The summed E-state index contributed by atoms with van der Waals surface area (Å²) in [5, 5.41) is 2.48. The first-order valence-corrected chi connectivity index (χ1v) is 5.40. The molecule has 0 aliphatic rings. The molecule has 1 amide bonds. The van der Waals surface area contributed by atoms with Gasteiger partial charge in [-0.25, -0.2) is 4.79 Å². The zero-order chi connectivity index (χ0) is 13.5. The normalized spacial score (nSPS) is 10.1. The highest BCUT2D eigenvalue weighted by Gasteiger charge is 2.04. The molecule has 1 aromatic carbocycles. The Bertz CT molecular complexity index is 486. The van der Waals surface area contributed by atoms with Gasteiger partial charge in [0.05, 0.1) is 0 Å². The van der Waals surface area contributed by atoms with Crippen LogP contribution in [0, 0.1) is 0 Å². The average Bonchev–Trinajstić information content (AvgIpc) is 2.37. The van der Waals surface area contributed by atoms with Gasteiger partial charge in [0.15, 0.2) is 0 Å². The zero-order valence-corrected chi connectivity index (χ0v) is 10.4. The molecule has 0 heterocycles. The Morgan fingerprint density at radius 3 is 2.39 bits per heavy atom. The summed E-state index contributed by atoms with van der Waals surface area (Å²) < 4.78 is 5.04. The van der Waals surface area contributed by atoms with Gasteiger partial charge in [-0.15, -0.1) is 0 Å². The van der Waals surface area contributed by atoms with Crippen LogP contribution < -0.4 is 10.1 Å². The lowest BCUT2D eigenvalue weighted by molar-refractivity contribution is -0.130. The second-order valence-electron chi connectivity index (χ2n) is 3.69. The number of rotatable bonds is 4. The van der Waals surface area contributed by atoms with E-state index in [1.807, 2.05) is 0 Å². The van der Waals surface area contributed by atoms with Crippen molar-refractivity contribution in [3.63, 3.8) is 0 Å². The number of hydrogen-bond acceptors (Lipinski definition) is 3. The Balaban J connectivity index is 2.68. The van der Waals surface area contributed by atoms with Crippen molar-refractivity contribution >= 4 is 18.0 Å². The summed E-state index contributed by atoms with van der Waals surface area (Å²) in [7, 11) is 1.56. The SMILES string of the molecule is C=C(C)C(=O)Oc1ccc(/C=C/C(=O)NC)cc1. The number of esters is 1. The molecule has 0 aromatic heterocycles. The molecule has 0 aliphatic carbocycles. The Morgan fingerprint density at radius 2 is 1.89 bits per heavy atom. The van der Waals surface area contributed by atoms with Crippen molar-refractivity contribution in [3.8, 4) is 5.75 Å². The maximum Gasteiger partial charge on any atom is 0.338 e. The molecule has 0 fully saturated rings. The molecule has 1 N–H and O–H groups in total. The third-order valence-electron chi connectivity index (χ3n) is 2.11. The van der Waals surface area contributed by atoms with Crippen molar-refractivity contribution in [1.29, 1.82) is 0 Å². The molecule has 1 aromatic rings. The molecule has 0 saturated heterocycles. The van der Waals surface area contributed by atoms with E-state index in [-0.39, 0.29) is 5.91 Å². The molecular formula is C14H15NO3. The first kappa shape index (κ1) is 13.7. The Kier molecular flexibility index (Phi) is 4.87. The molecule has 4 heteroatoms. The topological polar surface area (TPSA) is 55.4 Å². The minimum absolute atomic E-state index is 0.173. The van der Waals surface area contributed by atoms with Crippen LogP contribution in [-0.4, -0.2) is 18.9 Å². The van der Waals surface area contributed by atoms with E-state index >= 15 is 0 Å². The van der Waals surface area contributed by atoms with Crippen LogP contribution in [0.1, 0.15) is 12.5 Å². The van der Waals surface area contributed by atoms with Crippen molar-refractivity contribution < 1.29 is 14.3 Å². The maximum atomic E-state index is 11.3. The van der Waals surface area contributed by atoms with E-state index in [0.29, 0.717) is 11.3 Å². The van der Waals surface area contributed by atoms with Crippen LogP contribution in [0.4, 0.5) is 0 Å². The van der Waals surface area contributed by atoms with E-state index in [1.165, 1.54) is 6.08 Å². The lowest BCUT2D eigenvalue weighted by Crippen LogP contribution is -2.13. The van der Waals surface area contributed by atoms with Crippen molar-refractivity contribution in [2.75, 3.05) is 7.05 Å². The lowest BCUT2D eigenvalue weighted by atomic mass is 10.2. The number of hydrogen-bond donors (Lipinski definition) is 1. The molecule has 18 heavy (non-hydrogen) atoms. The Hall–Kier alpha value is -2.36. The first-order chi connectivity index (χ1) is 8.52. The summed E-state index contributed by atoms with van der Waals surface area (Å²) in [5.74, 6) is -0.184. The summed E-state index contributed by atoms with van der Waals surface area (Å²) in [6.45, 7) is 5.08. The maximum absolute atomic E-state index is 11.3. The van der Waals surface area contributed by atoms with Crippen LogP contribution in [0.3, 0.4) is 0 Å². The number of amides is 1. The molecule has 0 saturated carbocycles. The van der Waals surface area contributed by atoms with Gasteiger partial charge in [0, 0.05) is 18.7 Å². The number of nitrogens with one attached hydrogen (secondary N) is 1. The highest BCUT2D eigenvalue weighted by atomic mass is 16.5. The Morgan fingerprint density at radius 1 is 1.28 bits per heavy atom. The van der Waals surface area contributed by atoms with Crippen molar-refractivity contribution in [1.82, 2.24) is 5.32 Å². The third kappa shape index (κ3) is 4.25. The number of carbonyl (C=O) groups excluding carboxylic acids is 2. The van der Waals surface area contributed by atoms with Crippen LogP contribution in [0.15, 0.2) is 42.5 Å². The van der Waals surface area contributed by atoms with E-state index in [0.717, 1.165) is 5.56 Å². The molecule has 0 atom stereocenters. The second-order valence-corrected chi connectivity index (χ2v) is 3.69. The fourth-order valence-corrected chi connectivity index (χ4v) is 1.10. The predicted molar refractivity (Wildman–Crippen MR) is 70.0 cm³/mol. The van der Waals surface area contributed by atoms with E-state index < -0.39 is 5.97 Å². The van der Waals surface area contributed by atoms with Gasteiger partial charge in [-0.05, 0) is 30.7 Å². The van der Waals surface area contributed by atoms with Gasteiger partial charge in [-0.1, -0.05) is 18.7 Å². The van der Waals surface area contributed by atoms with Crippen LogP contribution in [0.25, 0.3) is 6.08 Å². The van der Waals surface area contributed by atoms with Crippen LogP contribution in [0.2, 0.25) is 0 Å². The number of benzene rings is 1. The van der Waals surface area contributed by atoms with Gasteiger partial charge in [0.1, 0.15) is 5.75 Å². The highest BCUT2D eigenvalue weighted by molar-refractivity contribution is 5.91. The van der Waals surface area contributed by atoms with E-state index in [9.17, 15) is 9.59 Å². The van der Waals surface area contributed by atoms with Crippen LogP contribution >= 0.6 is 0 Å². The zero-order valence-electron chi connectivity index (χ0n) is 10.4. The second kappa shape index (κ2) is 6.39. The summed E-state index contributed by atoms with van der Waals surface area (Å²) in [6.07, 6.45) is 3.10. The standard InChI is InChI=1S/C14H15NO3/c1-10(2)14(17)18-12-7-4-11(5-8-12)6-9-13(16)15-3/h4-9H,1H2,2-3H3,(H,15,16)/b9-6+. The first-order valence-electron chi connectivity index (χ1n) is 5.40. The minimum atomic E-state index is -0.455. The van der Waals surface area contributed by atoms with E-state index in [2.05, 4.69) is 11.9 Å². The molecule has 0 aliphatic heterocycles. The smallest absolute Gasteiger partial charge is 0.338 e. The number of carbonyl (C=O) groups is 2.